The molecule has 3 rings (SSSR count). The first-order valence-electron chi connectivity index (χ1n) is 7.55. The van der Waals surface area contributed by atoms with Gasteiger partial charge in [-0.2, -0.15) is 0 Å². The average molecular weight is 310 g/mol. The second-order valence-electron chi connectivity index (χ2n) is 5.82. The Morgan fingerprint density at radius 2 is 1.74 bits per heavy atom. The van der Waals surface area contributed by atoms with E-state index in [1.54, 1.807) is 36.4 Å². The van der Waals surface area contributed by atoms with E-state index < -0.39 is 0 Å². The van der Waals surface area contributed by atoms with Gasteiger partial charge in [0.25, 0.3) is 5.91 Å². The molecule has 23 heavy (non-hydrogen) atoms. The molecule has 3 N–H and O–H groups in total. The molecule has 0 saturated heterocycles. The van der Waals surface area contributed by atoms with Crippen molar-refractivity contribution in [1.29, 1.82) is 0 Å². The molecule has 0 unspecified atom stereocenters. The molecule has 0 spiro atoms. The molecular formula is C18H18N2O3. The van der Waals surface area contributed by atoms with Crippen molar-refractivity contribution in [2.75, 3.05) is 10.6 Å². The summed E-state index contributed by atoms with van der Waals surface area (Å²) in [6.07, 6.45) is 1.90. The van der Waals surface area contributed by atoms with E-state index in [1.165, 1.54) is 0 Å². The first kappa shape index (κ1) is 15.1. The number of hydrogen-bond acceptors (Lipinski definition) is 3. The summed E-state index contributed by atoms with van der Waals surface area (Å²) in [4.78, 5) is 23.9. The highest BCUT2D eigenvalue weighted by Crippen LogP contribution is 2.30. The van der Waals surface area contributed by atoms with Gasteiger partial charge >= 0.3 is 0 Å². The predicted octanol–water partition coefficient (Wildman–Crippen LogP) is 3.30. The maximum absolute atomic E-state index is 12.2. The summed E-state index contributed by atoms with van der Waals surface area (Å²) in [5.74, 6) is -0.106. The van der Waals surface area contributed by atoms with Crippen molar-refractivity contribution in [2.24, 2.45) is 5.92 Å². The van der Waals surface area contributed by atoms with Crippen molar-refractivity contribution in [2.45, 2.75) is 19.8 Å². The Balaban J connectivity index is 1.66. The second kappa shape index (κ2) is 6.12. The summed E-state index contributed by atoms with van der Waals surface area (Å²) < 4.78 is 0. The van der Waals surface area contributed by atoms with Gasteiger partial charge in [0, 0.05) is 17.2 Å². The number of benzene rings is 2. The minimum absolute atomic E-state index is 0.0340. The molecule has 0 atom stereocenters. The smallest absolute Gasteiger partial charge is 0.255 e. The Bertz CT molecular complexity index is 749. The molecule has 118 valence electrons. The SMILES string of the molecule is Cc1ccc(NC(=O)c2ccc(NC(=O)C3CC3)cc2)c(O)c1. The maximum atomic E-state index is 12.2. The van der Waals surface area contributed by atoms with Crippen molar-refractivity contribution in [1.82, 2.24) is 0 Å². The monoisotopic (exact) mass is 310 g/mol. The average Bonchev–Trinajstić information content (AvgIpc) is 3.35. The summed E-state index contributed by atoms with van der Waals surface area (Å²) in [6, 6.07) is 11.7. The largest absolute Gasteiger partial charge is 0.506 e. The van der Waals surface area contributed by atoms with Crippen LogP contribution < -0.4 is 10.6 Å². The fraction of sp³-hybridized carbons (Fsp3) is 0.222. The molecule has 1 fully saturated rings. The quantitative estimate of drug-likeness (QED) is 0.758. The number of nitrogens with one attached hydrogen (secondary N) is 2. The number of anilines is 2. The predicted molar refractivity (Wildman–Crippen MR) is 88.6 cm³/mol. The second-order valence-corrected chi connectivity index (χ2v) is 5.82. The van der Waals surface area contributed by atoms with Crippen LogP contribution >= 0.6 is 0 Å². The lowest BCUT2D eigenvalue weighted by Gasteiger charge is -2.09. The Kier molecular flexibility index (Phi) is 4.02. The van der Waals surface area contributed by atoms with Crippen LogP contribution in [-0.4, -0.2) is 16.9 Å². The Hall–Kier alpha value is -2.82. The molecule has 0 aliphatic heterocycles. The van der Waals surface area contributed by atoms with E-state index in [1.807, 2.05) is 13.0 Å². The molecule has 2 aromatic carbocycles. The Labute approximate surface area is 134 Å². The summed E-state index contributed by atoms with van der Waals surface area (Å²) in [7, 11) is 0. The van der Waals surface area contributed by atoms with E-state index in [9.17, 15) is 14.7 Å². The number of rotatable bonds is 4. The van der Waals surface area contributed by atoms with Crippen molar-refractivity contribution in [3.05, 3.63) is 53.6 Å². The van der Waals surface area contributed by atoms with Gasteiger partial charge in [0.05, 0.1) is 5.69 Å². The van der Waals surface area contributed by atoms with Crippen molar-refractivity contribution < 1.29 is 14.7 Å². The molecule has 0 heterocycles. The molecule has 0 bridgehead atoms. The first-order valence-corrected chi connectivity index (χ1v) is 7.55. The van der Waals surface area contributed by atoms with Gasteiger partial charge < -0.3 is 15.7 Å². The van der Waals surface area contributed by atoms with Crippen LogP contribution in [-0.2, 0) is 4.79 Å². The van der Waals surface area contributed by atoms with Gasteiger partial charge in [-0.1, -0.05) is 6.07 Å². The van der Waals surface area contributed by atoms with E-state index in [0.717, 1.165) is 18.4 Å². The van der Waals surface area contributed by atoms with Gasteiger partial charge in [0.15, 0.2) is 0 Å². The fourth-order valence-corrected chi connectivity index (χ4v) is 2.24. The molecular weight excluding hydrogens is 292 g/mol. The summed E-state index contributed by atoms with van der Waals surface area (Å²) in [5.41, 5.74) is 2.41. The van der Waals surface area contributed by atoms with E-state index in [2.05, 4.69) is 10.6 Å². The van der Waals surface area contributed by atoms with E-state index in [0.29, 0.717) is 16.9 Å². The van der Waals surface area contributed by atoms with Crippen LogP contribution in [0.4, 0.5) is 11.4 Å². The Morgan fingerprint density at radius 1 is 1.04 bits per heavy atom. The summed E-state index contributed by atoms with van der Waals surface area (Å²) in [6.45, 7) is 1.86. The van der Waals surface area contributed by atoms with Crippen LogP contribution in [0.2, 0.25) is 0 Å². The number of aryl methyl sites for hydroxylation is 1. The van der Waals surface area contributed by atoms with Gasteiger partial charge in [-0.3, -0.25) is 9.59 Å². The molecule has 2 amide bonds. The highest BCUT2D eigenvalue weighted by atomic mass is 16.3. The normalized spacial score (nSPS) is 13.4. The highest BCUT2D eigenvalue weighted by molar-refractivity contribution is 6.05. The molecule has 2 aromatic rings. The molecule has 1 aliphatic carbocycles. The van der Waals surface area contributed by atoms with Crippen molar-refractivity contribution in [3.8, 4) is 5.75 Å². The summed E-state index contributed by atoms with van der Waals surface area (Å²) in [5, 5.41) is 15.3. The molecule has 0 radical (unpaired) electrons. The lowest BCUT2D eigenvalue weighted by Crippen LogP contribution is -2.14. The van der Waals surface area contributed by atoms with Crippen LogP contribution in [0, 0.1) is 12.8 Å². The lowest BCUT2D eigenvalue weighted by atomic mass is 10.1. The van der Waals surface area contributed by atoms with E-state index >= 15 is 0 Å². The van der Waals surface area contributed by atoms with Crippen LogP contribution in [0.1, 0.15) is 28.8 Å². The Morgan fingerprint density at radius 3 is 2.35 bits per heavy atom. The topological polar surface area (TPSA) is 78.4 Å². The van der Waals surface area contributed by atoms with Crippen LogP contribution in [0.3, 0.4) is 0 Å². The molecule has 5 nitrogen and oxygen atoms in total. The minimum Gasteiger partial charge on any atom is -0.506 e. The molecule has 5 heteroatoms. The van der Waals surface area contributed by atoms with E-state index in [4.69, 9.17) is 0 Å². The molecule has 1 aliphatic rings. The van der Waals surface area contributed by atoms with Gasteiger partial charge in [0.2, 0.25) is 5.91 Å². The zero-order valence-electron chi connectivity index (χ0n) is 12.8. The molecule has 1 saturated carbocycles. The maximum Gasteiger partial charge on any atom is 0.255 e. The third kappa shape index (κ3) is 3.69. The third-order valence-electron chi connectivity index (χ3n) is 3.76. The molecule has 0 aromatic heterocycles. The zero-order valence-corrected chi connectivity index (χ0v) is 12.8. The number of phenols is 1. The number of amides is 2. The van der Waals surface area contributed by atoms with Crippen LogP contribution in [0.15, 0.2) is 42.5 Å². The standard InChI is InChI=1S/C18H18N2O3/c1-11-2-9-15(16(21)10-11)20-18(23)13-5-7-14(8-6-13)19-17(22)12-3-4-12/h2,5-10,12,21H,3-4H2,1H3,(H,19,22)(H,20,23). The summed E-state index contributed by atoms with van der Waals surface area (Å²) >= 11 is 0. The zero-order chi connectivity index (χ0) is 16.4. The number of phenolic OH excluding ortho intramolecular Hbond substituents is 1. The van der Waals surface area contributed by atoms with Gasteiger partial charge in [-0.25, -0.2) is 0 Å². The van der Waals surface area contributed by atoms with Gasteiger partial charge in [0.1, 0.15) is 5.75 Å². The van der Waals surface area contributed by atoms with Crippen LogP contribution in [0.5, 0.6) is 5.75 Å². The lowest BCUT2D eigenvalue weighted by molar-refractivity contribution is -0.117. The van der Waals surface area contributed by atoms with E-state index in [-0.39, 0.29) is 23.5 Å². The van der Waals surface area contributed by atoms with Crippen molar-refractivity contribution in [3.63, 3.8) is 0 Å². The van der Waals surface area contributed by atoms with Crippen molar-refractivity contribution >= 4 is 23.2 Å². The highest BCUT2D eigenvalue weighted by Gasteiger charge is 2.29. The number of carbonyl (C=O) groups excluding carboxylic acids is 2. The van der Waals surface area contributed by atoms with Gasteiger partial charge in [-0.15, -0.1) is 0 Å². The third-order valence-corrected chi connectivity index (χ3v) is 3.76. The number of carbonyl (C=O) groups is 2. The number of aromatic hydroxyl groups is 1. The number of hydrogen-bond donors (Lipinski definition) is 3. The van der Waals surface area contributed by atoms with Gasteiger partial charge in [-0.05, 0) is 61.7 Å². The van der Waals surface area contributed by atoms with Crippen LogP contribution in [0.25, 0.3) is 0 Å². The fourth-order valence-electron chi connectivity index (χ4n) is 2.24. The first-order chi connectivity index (χ1) is 11.0. The minimum atomic E-state index is -0.316.